The first kappa shape index (κ1) is 85.3. The van der Waals surface area contributed by atoms with Crippen LogP contribution in [-0.4, -0.2) is 0 Å². The van der Waals surface area contributed by atoms with Gasteiger partial charge >= 0.3 is 0 Å². The molecule has 3 aliphatic rings. The van der Waals surface area contributed by atoms with Crippen LogP contribution < -0.4 is 0 Å². The molecule has 0 unspecified atom stereocenters. The SMILES string of the molecule is Cc1ccc(-c2c3ccccc3c(-c3cccc4c3-c3ccccc3C4(C)C)c3cc(-c4cccc5ccccc45)ccc23)c(C)c1.Cc1ccc(-c2c3ccccc3c(-c3cccc4c3-c3ccccc3C4(C)C)c3cc(-c4cccc5ccccc45)ccc23)cc1.Cc1ccc(-c2c3ccccc3c(-c3cccc4c3-c3ccccc3C4(C)C)c3cc(-c4cccc5ccccc45)ccc23)cc1C. The molecule has 0 nitrogen and oxygen atoms in total. The van der Waals surface area contributed by atoms with Gasteiger partial charge in [0.2, 0.25) is 0 Å². The molecule has 0 heterocycles. The van der Waals surface area contributed by atoms with Crippen LogP contribution in [0.1, 0.15) is 103 Å². The van der Waals surface area contributed by atoms with E-state index >= 15 is 0 Å². The summed E-state index contributed by atoms with van der Waals surface area (Å²) < 4.78 is 0. The van der Waals surface area contributed by atoms with E-state index in [0.717, 1.165) is 0 Å². The first-order chi connectivity index (χ1) is 68.3. The number of rotatable bonds is 9. The summed E-state index contributed by atoms with van der Waals surface area (Å²) in [5.74, 6) is 0. The van der Waals surface area contributed by atoms with Crippen molar-refractivity contribution in [3.63, 3.8) is 0 Å². The van der Waals surface area contributed by atoms with Crippen LogP contribution in [0.5, 0.6) is 0 Å². The van der Waals surface area contributed by atoms with Crippen LogP contribution in [0.4, 0.5) is 0 Å². The first-order valence-electron chi connectivity index (χ1n) is 49.7. The van der Waals surface area contributed by atoms with Gasteiger partial charge in [0.1, 0.15) is 0 Å². The minimum atomic E-state index is -0.0688. The van der Waals surface area contributed by atoms with E-state index in [1.165, 1.54) is 292 Å². The zero-order valence-corrected chi connectivity index (χ0v) is 81.1. The van der Waals surface area contributed by atoms with E-state index in [1.54, 1.807) is 0 Å². The average Bonchev–Trinajstić information content (AvgIpc) is 1.44. The summed E-state index contributed by atoms with van der Waals surface area (Å²) in [4.78, 5) is 0. The van der Waals surface area contributed by atoms with Crippen molar-refractivity contribution in [2.45, 2.75) is 92.4 Å². The minimum absolute atomic E-state index is 0.0660. The zero-order valence-electron chi connectivity index (χ0n) is 81.1. The molecule has 0 bridgehead atoms. The lowest BCUT2D eigenvalue weighted by atomic mass is 9.80. The summed E-state index contributed by atoms with van der Waals surface area (Å²) in [7, 11) is 0. The Hall–Kier alpha value is -16.4. The van der Waals surface area contributed by atoms with E-state index in [1.807, 2.05) is 0 Å². The van der Waals surface area contributed by atoms with Crippen molar-refractivity contribution in [2.24, 2.45) is 0 Å². The molecule has 0 atom stereocenters. The van der Waals surface area contributed by atoms with Crippen LogP contribution in [-0.2, 0) is 16.2 Å². The van der Waals surface area contributed by atoms with Crippen LogP contribution >= 0.6 is 0 Å². The van der Waals surface area contributed by atoms with Gasteiger partial charge in [0, 0.05) is 16.2 Å². The third kappa shape index (κ3) is 13.5. The quantitative estimate of drug-likeness (QED) is 0.126. The summed E-state index contributed by atoms with van der Waals surface area (Å²) in [6, 6.07) is 166. The molecule has 666 valence electrons. The Kier molecular flexibility index (Phi) is 20.2. The molecule has 24 aromatic carbocycles. The molecule has 24 aromatic rings. The molecule has 0 saturated heterocycles. The predicted molar refractivity (Wildman–Crippen MR) is 602 cm³/mol. The molecule has 140 heavy (non-hydrogen) atoms. The maximum Gasteiger partial charge on any atom is 0.0159 e. The van der Waals surface area contributed by atoms with Gasteiger partial charge in [0.25, 0.3) is 0 Å². The highest BCUT2D eigenvalue weighted by Gasteiger charge is 2.41. The Balaban J connectivity index is 0.000000111. The average molecular weight is 1790 g/mol. The molecule has 0 heteroatoms. The Bertz CT molecular complexity index is 9300. The summed E-state index contributed by atoms with van der Waals surface area (Å²) in [5, 5.41) is 23.1. The highest BCUT2D eigenvalue weighted by Crippen LogP contribution is 2.60. The largest absolute Gasteiger partial charge is 0.0619 e. The van der Waals surface area contributed by atoms with Gasteiger partial charge in [-0.25, -0.2) is 0 Å². The third-order valence-electron chi connectivity index (χ3n) is 31.8. The van der Waals surface area contributed by atoms with Crippen molar-refractivity contribution < 1.29 is 0 Å². The zero-order chi connectivity index (χ0) is 94.7. The van der Waals surface area contributed by atoms with Gasteiger partial charge in [-0.15, -0.1) is 0 Å². The molecule has 0 saturated carbocycles. The highest BCUT2D eigenvalue weighted by atomic mass is 14.4. The van der Waals surface area contributed by atoms with Gasteiger partial charge in [-0.05, 0) is 333 Å². The number of aryl methyl sites for hydroxylation is 5. The fourth-order valence-corrected chi connectivity index (χ4v) is 24.9. The van der Waals surface area contributed by atoms with Gasteiger partial charge in [0.15, 0.2) is 0 Å². The molecule has 27 rings (SSSR count). The van der Waals surface area contributed by atoms with E-state index in [-0.39, 0.29) is 16.2 Å². The summed E-state index contributed by atoms with van der Waals surface area (Å²) >= 11 is 0. The van der Waals surface area contributed by atoms with Gasteiger partial charge in [0.05, 0.1) is 0 Å². The summed E-state index contributed by atoms with van der Waals surface area (Å²) in [6.45, 7) is 25.3. The molecule has 0 radical (unpaired) electrons. The van der Waals surface area contributed by atoms with E-state index in [2.05, 4.69) is 519 Å². The van der Waals surface area contributed by atoms with E-state index < -0.39 is 0 Å². The number of fused-ring (bicyclic) bond motifs is 18. The fourth-order valence-electron chi connectivity index (χ4n) is 24.9. The lowest BCUT2D eigenvalue weighted by Crippen LogP contribution is -2.14. The summed E-state index contributed by atoms with van der Waals surface area (Å²) in [5.41, 5.74) is 46.0. The molecule has 0 amide bonds. The molecule has 0 aliphatic heterocycles. The molecule has 3 aliphatic carbocycles. The predicted octanol–water partition coefficient (Wildman–Crippen LogP) is 38.9. The van der Waals surface area contributed by atoms with Crippen LogP contribution in [0.25, 0.3) is 230 Å². The Morgan fingerprint density at radius 3 is 0.750 bits per heavy atom. The second-order valence-electron chi connectivity index (χ2n) is 40.9. The van der Waals surface area contributed by atoms with Crippen LogP contribution in [0, 0.1) is 34.6 Å². The molecular formula is C140H106. The lowest BCUT2D eigenvalue weighted by molar-refractivity contribution is 0.660. The van der Waals surface area contributed by atoms with Crippen molar-refractivity contribution >= 4 is 97.0 Å². The van der Waals surface area contributed by atoms with Crippen molar-refractivity contribution in [1.82, 2.24) is 0 Å². The van der Waals surface area contributed by atoms with E-state index in [9.17, 15) is 0 Å². The van der Waals surface area contributed by atoms with Gasteiger partial charge < -0.3 is 0 Å². The van der Waals surface area contributed by atoms with Crippen molar-refractivity contribution in [1.29, 1.82) is 0 Å². The maximum absolute atomic E-state index is 2.47. The molecule has 0 aromatic heterocycles. The van der Waals surface area contributed by atoms with Gasteiger partial charge in [-0.3, -0.25) is 0 Å². The van der Waals surface area contributed by atoms with Crippen LogP contribution in [0.15, 0.2) is 443 Å². The Morgan fingerprint density at radius 2 is 0.386 bits per heavy atom. The minimum Gasteiger partial charge on any atom is -0.0619 e. The molecular weight excluding hydrogens is 1680 g/mol. The first-order valence-corrected chi connectivity index (χ1v) is 49.7. The number of benzene rings is 24. The third-order valence-corrected chi connectivity index (χ3v) is 31.8. The smallest absolute Gasteiger partial charge is 0.0159 e. The Labute approximate surface area is 820 Å². The molecule has 0 fully saturated rings. The van der Waals surface area contributed by atoms with Gasteiger partial charge in [-0.2, -0.15) is 0 Å². The van der Waals surface area contributed by atoms with Gasteiger partial charge in [-0.1, -0.05) is 477 Å². The topological polar surface area (TPSA) is 0 Å². The van der Waals surface area contributed by atoms with E-state index in [4.69, 9.17) is 0 Å². The maximum atomic E-state index is 2.47. The standard InChI is InChI=1S/2C47H36.C46H34/c1-29-23-25-33(30(2)27-29)44-36-16-7-8-17-37(36)45(40-20-12-22-43-46(40)39-18-9-10-21-42(39)47(43,3)4)41-28-32(24-26-38(41)44)35-19-11-14-31-13-5-6-15-34(31)35;1-29-23-24-33(27-30(29)2)44-36-16-7-8-17-37(36)45(40-20-12-22-43-46(40)39-18-9-10-21-42(39)47(43,3)4)41-28-32(25-26-38(41)44)35-19-11-14-31-13-5-6-15-34(31)35;1-29-22-24-31(25-23-29)43-35-15-6-7-16-36(35)44(39-19-11-21-42-45(39)38-17-8-9-20-41(38)46(42,2)3)40-28-32(26-27-37(40)43)34-18-10-13-30-12-4-5-14-33(30)34/h2*5-28H,1-4H3;4-28H,1-3H3. The summed E-state index contributed by atoms with van der Waals surface area (Å²) in [6.07, 6.45) is 0. The second-order valence-corrected chi connectivity index (χ2v) is 40.9. The van der Waals surface area contributed by atoms with Crippen molar-refractivity contribution in [2.75, 3.05) is 0 Å². The van der Waals surface area contributed by atoms with Crippen LogP contribution in [0.3, 0.4) is 0 Å². The number of hydrogen-bond donors (Lipinski definition) is 0. The second kappa shape index (κ2) is 33.2. The lowest BCUT2D eigenvalue weighted by Gasteiger charge is -2.23. The van der Waals surface area contributed by atoms with Crippen LogP contribution in [0.2, 0.25) is 0 Å². The fraction of sp³-hybridized carbons (Fsp3) is 0.100. The van der Waals surface area contributed by atoms with Crippen molar-refractivity contribution in [3.05, 3.63) is 504 Å². The normalized spacial score (nSPS) is 13.3. The van der Waals surface area contributed by atoms with E-state index in [0.29, 0.717) is 0 Å². The molecule has 0 N–H and O–H groups in total. The van der Waals surface area contributed by atoms with Crippen molar-refractivity contribution in [3.8, 4) is 134 Å². The Morgan fingerprint density at radius 1 is 0.129 bits per heavy atom. The molecule has 0 spiro atoms. The monoisotopic (exact) mass is 1790 g/mol. The number of hydrogen-bond acceptors (Lipinski definition) is 0. The highest BCUT2D eigenvalue weighted by molar-refractivity contribution is 6.28.